The van der Waals surface area contributed by atoms with Crippen LogP contribution in [0, 0.1) is 0 Å². The van der Waals surface area contributed by atoms with Crippen molar-refractivity contribution in [2.24, 2.45) is 5.73 Å². The first kappa shape index (κ1) is 9.07. The van der Waals surface area contributed by atoms with Gasteiger partial charge in [0.05, 0.1) is 0 Å². The first-order chi connectivity index (χ1) is 7.24. The fraction of sp³-hybridized carbons (Fsp3) is 0.167. The smallest absolute Gasteiger partial charge is 0.161 e. The highest BCUT2D eigenvalue weighted by molar-refractivity contribution is 7.99. The Morgan fingerprint density at radius 3 is 2.67 bits per heavy atom. The van der Waals surface area contributed by atoms with Crippen LogP contribution >= 0.6 is 11.8 Å². The Morgan fingerprint density at radius 2 is 1.93 bits per heavy atom. The predicted molar refractivity (Wildman–Crippen MR) is 67.0 cm³/mol. The van der Waals surface area contributed by atoms with E-state index in [4.69, 9.17) is 5.73 Å². The summed E-state index contributed by atoms with van der Waals surface area (Å²) in [4.78, 5) is -0.469. The van der Waals surface area contributed by atoms with E-state index < -0.39 is 4.99 Å². The van der Waals surface area contributed by atoms with Gasteiger partial charge in [-0.25, -0.2) is 0 Å². The van der Waals surface area contributed by atoms with Crippen molar-refractivity contribution >= 4 is 28.2 Å². The highest BCUT2D eigenvalue weighted by Crippen LogP contribution is 2.44. The third-order valence-electron chi connectivity index (χ3n) is 2.95. The van der Waals surface area contributed by atoms with Gasteiger partial charge in [-0.15, -0.1) is 11.8 Å². The van der Waals surface area contributed by atoms with Crippen LogP contribution in [0.15, 0.2) is 36.4 Å². The van der Waals surface area contributed by atoms with Crippen LogP contribution in [0.5, 0.6) is 0 Å². The van der Waals surface area contributed by atoms with Crippen molar-refractivity contribution in [1.82, 2.24) is 0 Å². The van der Waals surface area contributed by atoms with E-state index in [1.807, 2.05) is 6.26 Å². The highest BCUT2D eigenvalue weighted by atomic mass is 32.2. The summed E-state index contributed by atoms with van der Waals surface area (Å²) in [6.07, 6.45) is 2.03. The molecule has 3 rings (SSSR count). The van der Waals surface area contributed by atoms with Crippen LogP contribution in [0.2, 0.25) is 0 Å². The maximum absolute atomic E-state index is 6.32. The van der Waals surface area contributed by atoms with Crippen LogP contribution in [-0.2, 0) is 4.99 Å². The van der Waals surface area contributed by atoms with Crippen molar-refractivity contribution in [2.45, 2.75) is 4.99 Å². The van der Waals surface area contributed by atoms with Gasteiger partial charge in [-0.1, -0.05) is 30.3 Å². The van der Waals surface area contributed by atoms with E-state index in [9.17, 15) is 0 Å². The maximum Gasteiger partial charge on any atom is 0.161 e. The van der Waals surface area contributed by atoms with Gasteiger partial charge >= 0.3 is 0 Å². The van der Waals surface area contributed by atoms with Crippen molar-refractivity contribution in [2.75, 3.05) is 11.6 Å². The van der Waals surface area contributed by atoms with E-state index in [-0.39, 0.29) is 0 Å². The van der Waals surface area contributed by atoms with E-state index in [0.717, 1.165) is 5.69 Å². The number of anilines is 1. The van der Waals surface area contributed by atoms with Crippen molar-refractivity contribution in [1.29, 1.82) is 0 Å². The molecule has 0 amide bonds. The number of nitrogens with one attached hydrogen (secondary N) is 1. The Hall–Kier alpha value is -1.19. The Balaban J connectivity index is 2.41. The lowest BCUT2D eigenvalue weighted by Crippen LogP contribution is -2.37. The average molecular weight is 216 g/mol. The SMILES string of the molecule is CSC1(N)Nc2cccc3cccc1c23. The van der Waals surface area contributed by atoms with Crippen LogP contribution < -0.4 is 11.1 Å². The highest BCUT2D eigenvalue weighted by Gasteiger charge is 2.34. The van der Waals surface area contributed by atoms with Crippen LogP contribution in [0.4, 0.5) is 5.69 Å². The van der Waals surface area contributed by atoms with E-state index in [1.165, 1.54) is 16.3 Å². The Bertz CT molecular complexity index is 533. The summed E-state index contributed by atoms with van der Waals surface area (Å²) in [5.74, 6) is 0. The fourth-order valence-electron chi connectivity index (χ4n) is 2.18. The molecule has 76 valence electrons. The van der Waals surface area contributed by atoms with Crippen molar-refractivity contribution in [3.63, 3.8) is 0 Å². The zero-order chi connectivity index (χ0) is 10.5. The molecule has 15 heavy (non-hydrogen) atoms. The molecule has 0 saturated heterocycles. The van der Waals surface area contributed by atoms with Gasteiger partial charge in [0.15, 0.2) is 4.99 Å². The van der Waals surface area contributed by atoms with Crippen LogP contribution in [0.3, 0.4) is 0 Å². The van der Waals surface area contributed by atoms with E-state index >= 15 is 0 Å². The molecular weight excluding hydrogens is 204 g/mol. The van der Waals surface area contributed by atoms with Gasteiger partial charge in [0.2, 0.25) is 0 Å². The molecule has 0 aromatic heterocycles. The maximum atomic E-state index is 6.32. The largest absolute Gasteiger partial charge is 0.355 e. The molecule has 1 aliphatic rings. The minimum atomic E-state index is -0.469. The van der Waals surface area contributed by atoms with E-state index in [2.05, 4.69) is 41.7 Å². The molecule has 0 aliphatic carbocycles. The van der Waals surface area contributed by atoms with Gasteiger partial charge in [0, 0.05) is 16.6 Å². The topological polar surface area (TPSA) is 38.0 Å². The summed E-state index contributed by atoms with van der Waals surface area (Å²) >= 11 is 1.63. The second-order valence-corrected chi connectivity index (χ2v) is 4.83. The lowest BCUT2D eigenvalue weighted by Gasteiger charge is -2.24. The van der Waals surface area contributed by atoms with Gasteiger partial charge in [-0.2, -0.15) is 0 Å². The summed E-state index contributed by atoms with van der Waals surface area (Å²) < 4.78 is 0. The molecule has 1 unspecified atom stereocenters. The van der Waals surface area contributed by atoms with Gasteiger partial charge < -0.3 is 5.32 Å². The Morgan fingerprint density at radius 1 is 1.20 bits per heavy atom. The first-order valence-electron chi connectivity index (χ1n) is 4.89. The molecule has 2 aromatic rings. The van der Waals surface area contributed by atoms with E-state index in [1.54, 1.807) is 11.8 Å². The molecule has 0 fully saturated rings. The summed E-state index contributed by atoms with van der Waals surface area (Å²) in [5.41, 5.74) is 8.64. The molecule has 1 atom stereocenters. The number of thioether (sulfide) groups is 1. The zero-order valence-corrected chi connectivity index (χ0v) is 9.27. The number of nitrogens with two attached hydrogens (primary N) is 1. The monoisotopic (exact) mass is 216 g/mol. The molecule has 0 saturated carbocycles. The predicted octanol–water partition coefficient (Wildman–Crippen LogP) is 2.70. The van der Waals surface area contributed by atoms with Crippen LogP contribution in [0.25, 0.3) is 10.8 Å². The molecule has 2 nitrogen and oxygen atoms in total. The molecule has 2 aromatic carbocycles. The van der Waals surface area contributed by atoms with Crippen molar-refractivity contribution in [3.8, 4) is 0 Å². The molecule has 0 bridgehead atoms. The van der Waals surface area contributed by atoms with Gasteiger partial charge in [0.25, 0.3) is 0 Å². The summed E-state index contributed by atoms with van der Waals surface area (Å²) in [6, 6.07) is 12.5. The summed E-state index contributed by atoms with van der Waals surface area (Å²) in [5, 5.41) is 5.88. The second kappa shape index (κ2) is 2.90. The molecule has 3 N–H and O–H groups in total. The van der Waals surface area contributed by atoms with Crippen LogP contribution in [0.1, 0.15) is 5.56 Å². The third-order valence-corrected chi connectivity index (χ3v) is 3.91. The normalized spacial score (nSPS) is 23.1. The molecule has 3 heteroatoms. The van der Waals surface area contributed by atoms with Gasteiger partial charge in [0.1, 0.15) is 0 Å². The second-order valence-electron chi connectivity index (χ2n) is 3.77. The van der Waals surface area contributed by atoms with E-state index in [0.29, 0.717) is 0 Å². The van der Waals surface area contributed by atoms with Crippen molar-refractivity contribution < 1.29 is 0 Å². The number of hydrogen-bond donors (Lipinski definition) is 2. The zero-order valence-electron chi connectivity index (χ0n) is 8.45. The Kier molecular flexibility index (Phi) is 1.75. The minimum Gasteiger partial charge on any atom is -0.355 e. The van der Waals surface area contributed by atoms with Crippen LogP contribution in [-0.4, -0.2) is 6.26 Å². The number of hydrogen-bond acceptors (Lipinski definition) is 3. The number of benzene rings is 2. The molecule has 0 radical (unpaired) electrons. The summed E-state index contributed by atoms with van der Waals surface area (Å²) in [6.45, 7) is 0. The van der Waals surface area contributed by atoms with Gasteiger partial charge in [-0.3, -0.25) is 5.73 Å². The molecule has 0 spiro atoms. The first-order valence-corrected chi connectivity index (χ1v) is 6.11. The third kappa shape index (κ3) is 1.10. The molecule has 1 aliphatic heterocycles. The lowest BCUT2D eigenvalue weighted by atomic mass is 10.0. The van der Waals surface area contributed by atoms with Crippen molar-refractivity contribution in [3.05, 3.63) is 42.0 Å². The standard InChI is InChI=1S/C12H12N2S/c1-15-12(13)9-6-2-4-8-5-3-7-10(14-12)11(8)9/h2-7,14H,13H2,1H3. The summed E-state index contributed by atoms with van der Waals surface area (Å²) in [7, 11) is 0. The fourth-order valence-corrected chi connectivity index (χ4v) is 2.79. The average Bonchev–Trinajstić information content (AvgIpc) is 2.56. The number of rotatable bonds is 1. The quantitative estimate of drug-likeness (QED) is 0.720. The lowest BCUT2D eigenvalue weighted by molar-refractivity contribution is 0.785. The minimum absolute atomic E-state index is 0.469. The molecule has 1 heterocycles. The molecular formula is C12H12N2S. The van der Waals surface area contributed by atoms with Gasteiger partial charge in [-0.05, 0) is 17.7 Å². The Labute approximate surface area is 92.8 Å².